The Morgan fingerprint density at radius 1 is 1.38 bits per heavy atom. The summed E-state index contributed by atoms with van der Waals surface area (Å²) >= 11 is 0. The average Bonchev–Trinajstić information content (AvgIpc) is 3.20. The molecule has 1 aromatic carbocycles. The number of nitrogens with one attached hydrogen (secondary N) is 1. The molecule has 0 heterocycles. The van der Waals surface area contributed by atoms with Crippen LogP contribution >= 0.6 is 0 Å². The molecule has 3 atom stereocenters. The zero-order chi connectivity index (χ0) is 15.0. The molecule has 1 saturated carbocycles. The van der Waals surface area contributed by atoms with Gasteiger partial charge < -0.3 is 10.4 Å². The Morgan fingerprint density at radius 2 is 2.14 bits per heavy atom. The number of benzene rings is 1. The minimum absolute atomic E-state index is 0.0393. The zero-order valence-corrected chi connectivity index (χ0v) is 12.9. The maximum atomic E-state index is 12.5. The number of hydrogen-bond acceptors (Lipinski definition) is 2. The molecule has 0 radical (unpaired) electrons. The number of aliphatic hydroxyl groups is 1. The summed E-state index contributed by atoms with van der Waals surface area (Å²) in [6.07, 6.45) is 2.96. The predicted octanol–water partition coefficient (Wildman–Crippen LogP) is 2.49. The zero-order valence-electron chi connectivity index (χ0n) is 12.9. The molecule has 2 aliphatic carbocycles. The second-order valence-corrected chi connectivity index (χ2v) is 7.31. The topological polar surface area (TPSA) is 49.3 Å². The van der Waals surface area contributed by atoms with Gasteiger partial charge in [0.2, 0.25) is 5.91 Å². The third-order valence-corrected chi connectivity index (χ3v) is 5.16. The van der Waals surface area contributed by atoms with E-state index in [1.165, 1.54) is 11.1 Å². The van der Waals surface area contributed by atoms with E-state index in [0.717, 1.165) is 12.8 Å². The van der Waals surface area contributed by atoms with Gasteiger partial charge in [-0.3, -0.25) is 4.79 Å². The predicted molar refractivity (Wildman–Crippen MR) is 83.0 cm³/mol. The molecule has 0 aromatic heterocycles. The summed E-state index contributed by atoms with van der Waals surface area (Å²) in [6.45, 7) is 4.98. The van der Waals surface area contributed by atoms with Crippen molar-refractivity contribution < 1.29 is 9.90 Å². The maximum absolute atomic E-state index is 12.5. The average molecular weight is 287 g/mol. The van der Waals surface area contributed by atoms with E-state index < -0.39 is 0 Å². The highest BCUT2D eigenvalue weighted by atomic mass is 16.3. The van der Waals surface area contributed by atoms with E-state index >= 15 is 0 Å². The Bertz CT molecular complexity index is 538. The van der Waals surface area contributed by atoms with Crippen molar-refractivity contribution in [3.8, 4) is 0 Å². The fourth-order valence-electron chi connectivity index (χ4n) is 3.76. The van der Waals surface area contributed by atoms with E-state index in [-0.39, 0.29) is 23.8 Å². The summed E-state index contributed by atoms with van der Waals surface area (Å²) in [6, 6.07) is 8.56. The molecule has 21 heavy (non-hydrogen) atoms. The van der Waals surface area contributed by atoms with Gasteiger partial charge in [-0.25, -0.2) is 0 Å². The molecule has 3 heteroatoms. The molecule has 3 rings (SSSR count). The fourth-order valence-corrected chi connectivity index (χ4v) is 3.76. The molecule has 1 amide bonds. The maximum Gasteiger partial charge on any atom is 0.224 e. The first-order valence-corrected chi connectivity index (χ1v) is 8.00. The van der Waals surface area contributed by atoms with Gasteiger partial charge >= 0.3 is 0 Å². The van der Waals surface area contributed by atoms with Gasteiger partial charge in [0.25, 0.3) is 0 Å². The SMILES string of the molecule is CC(C)(CCO)CNC(=O)C1C2CCc3ccccc3C21. The normalized spacial score (nSPS) is 26.7. The van der Waals surface area contributed by atoms with Gasteiger partial charge in [-0.2, -0.15) is 0 Å². The first kappa shape index (κ1) is 14.6. The lowest BCUT2D eigenvalue weighted by molar-refractivity contribution is -0.123. The lowest BCUT2D eigenvalue weighted by Gasteiger charge is -2.23. The minimum Gasteiger partial charge on any atom is -0.396 e. The summed E-state index contributed by atoms with van der Waals surface area (Å²) < 4.78 is 0. The Labute approximate surface area is 126 Å². The molecule has 3 nitrogen and oxygen atoms in total. The van der Waals surface area contributed by atoms with Gasteiger partial charge in [0, 0.05) is 19.1 Å². The Morgan fingerprint density at radius 3 is 2.90 bits per heavy atom. The number of carbonyl (C=O) groups is 1. The number of amides is 1. The first-order valence-electron chi connectivity index (χ1n) is 8.00. The van der Waals surface area contributed by atoms with Gasteiger partial charge in [-0.15, -0.1) is 0 Å². The van der Waals surface area contributed by atoms with Crippen LogP contribution in [-0.2, 0) is 11.2 Å². The van der Waals surface area contributed by atoms with Crippen molar-refractivity contribution >= 4 is 5.91 Å². The molecular formula is C18H25NO2. The summed E-state index contributed by atoms with van der Waals surface area (Å²) in [5.74, 6) is 1.35. The van der Waals surface area contributed by atoms with Crippen LogP contribution in [0.5, 0.6) is 0 Å². The van der Waals surface area contributed by atoms with Crippen molar-refractivity contribution in [1.82, 2.24) is 5.32 Å². The highest BCUT2D eigenvalue weighted by Crippen LogP contribution is 2.59. The van der Waals surface area contributed by atoms with Crippen LogP contribution in [0, 0.1) is 17.3 Å². The van der Waals surface area contributed by atoms with Crippen molar-refractivity contribution in [3.63, 3.8) is 0 Å². The van der Waals surface area contributed by atoms with E-state index in [9.17, 15) is 4.79 Å². The second-order valence-electron chi connectivity index (χ2n) is 7.31. The summed E-state index contributed by atoms with van der Waals surface area (Å²) in [5.41, 5.74) is 2.78. The lowest BCUT2D eigenvalue weighted by atomic mass is 9.89. The van der Waals surface area contributed by atoms with Crippen LogP contribution in [-0.4, -0.2) is 24.2 Å². The summed E-state index contributed by atoms with van der Waals surface area (Å²) in [7, 11) is 0. The Balaban J connectivity index is 1.62. The van der Waals surface area contributed by atoms with E-state index in [2.05, 4.69) is 43.4 Å². The van der Waals surface area contributed by atoms with Crippen LogP contribution < -0.4 is 5.32 Å². The van der Waals surface area contributed by atoms with Crippen LogP contribution in [0.3, 0.4) is 0 Å². The van der Waals surface area contributed by atoms with Crippen LogP contribution in [0.1, 0.15) is 43.7 Å². The van der Waals surface area contributed by atoms with Crippen LogP contribution in [0.25, 0.3) is 0 Å². The van der Waals surface area contributed by atoms with Gasteiger partial charge in [-0.05, 0) is 47.6 Å². The van der Waals surface area contributed by atoms with Crippen molar-refractivity contribution in [2.24, 2.45) is 17.3 Å². The number of hydrogen-bond donors (Lipinski definition) is 2. The van der Waals surface area contributed by atoms with Crippen molar-refractivity contribution in [1.29, 1.82) is 0 Å². The summed E-state index contributed by atoms with van der Waals surface area (Å²) in [4.78, 5) is 12.5. The van der Waals surface area contributed by atoms with Gasteiger partial charge in [-0.1, -0.05) is 38.1 Å². The minimum atomic E-state index is -0.0393. The quantitative estimate of drug-likeness (QED) is 0.874. The molecule has 1 fully saturated rings. The lowest BCUT2D eigenvalue weighted by Crippen LogP contribution is -2.35. The summed E-state index contributed by atoms with van der Waals surface area (Å²) in [5, 5.41) is 12.2. The highest BCUT2D eigenvalue weighted by molar-refractivity contribution is 5.84. The number of carbonyl (C=O) groups excluding carboxylic acids is 1. The molecule has 0 aliphatic heterocycles. The van der Waals surface area contributed by atoms with Crippen molar-refractivity contribution in [2.75, 3.05) is 13.2 Å². The van der Waals surface area contributed by atoms with Crippen LogP contribution in [0.15, 0.2) is 24.3 Å². The number of fused-ring (bicyclic) bond motifs is 3. The molecule has 0 saturated heterocycles. The molecule has 2 aliphatic rings. The Hall–Kier alpha value is -1.35. The smallest absolute Gasteiger partial charge is 0.224 e. The molecular weight excluding hydrogens is 262 g/mol. The largest absolute Gasteiger partial charge is 0.396 e. The molecule has 114 valence electrons. The van der Waals surface area contributed by atoms with E-state index in [0.29, 0.717) is 24.8 Å². The van der Waals surface area contributed by atoms with Crippen LogP contribution in [0.2, 0.25) is 0 Å². The molecule has 0 bridgehead atoms. The van der Waals surface area contributed by atoms with E-state index in [4.69, 9.17) is 5.11 Å². The van der Waals surface area contributed by atoms with Gasteiger partial charge in [0.1, 0.15) is 0 Å². The van der Waals surface area contributed by atoms with E-state index in [1.807, 2.05) is 0 Å². The fraction of sp³-hybridized carbons (Fsp3) is 0.611. The van der Waals surface area contributed by atoms with Crippen molar-refractivity contribution in [2.45, 2.75) is 39.0 Å². The second kappa shape index (κ2) is 5.45. The van der Waals surface area contributed by atoms with Crippen LogP contribution in [0.4, 0.5) is 0 Å². The number of rotatable bonds is 5. The monoisotopic (exact) mass is 287 g/mol. The number of aryl methyl sites for hydroxylation is 1. The van der Waals surface area contributed by atoms with Gasteiger partial charge in [0.05, 0.1) is 0 Å². The highest BCUT2D eigenvalue weighted by Gasteiger charge is 2.56. The van der Waals surface area contributed by atoms with Crippen molar-refractivity contribution in [3.05, 3.63) is 35.4 Å². The third kappa shape index (κ3) is 2.84. The molecule has 1 aromatic rings. The molecule has 3 unspecified atom stereocenters. The number of aliphatic hydroxyl groups excluding tert-OH is 1. The molecule has 2 N–H and O–H groups in total. The first-order chi connectivity index (χ1) is 10.0. The van der Waals surface area contributed by atoms with Gasteiger partial charge in [0.15, 0.2) is 0 Å². The van der Waals surface area contributed by atoms with E-state index in [1.54, 1.807) is 0 Å². The Kier molecular flexibility index (Phi) is 3.78. The standard InChI is InChI=1S/C18H25NO2/c1-18(2,9-10-20)11-19-17(21)16-14-8-7-12-5-3-4-6-13(12)15(14)16/h3-6,14-16,20H,7-11H2,1-2H3,(H,19,21). The molecule has 0 spiro atoms. The third-order valence-electron chi connectivity index (χ3n) is 5.16.